The predicted octanol–water partition coefficient (Wildman–Crippen LogP) is 3.30. The Morgan fingerprint density at radius 1 is 1.11 bits per heavy atom. The van der Waals surface area contributed by atoms with E-state index in [1.54, 1.807) is 0 Å². The van der Waals surface area contributed by atoms with Crippen LogP contribution in [0.3, 0.4) is 0 Å². The third-order valence-electron chi connectivity index (χ3n) is 6.40. The van der Waals surface area contributed by atoms with Crippen LogP contribution in [-0.4, -0.2) is 46.2 Å². The number of nitrogens with zero attached hydrogens (tertiary/aromatic N) is 2. The Hall–Kier alpha value is -2.56. The average Bonchev–Trinajstić information content (AvgIpc) is 3.32. The molecule has 0 atom stereocenters. The lowest BCUT2D eigenvalue weighted by molar-refractivity contribution is -0.143. The Bertz CT molecular complexity index is 835. The molecule has 1 aromatic carbocycles. The van der Waals surface area contributed by atoms with E-state index in [-0.39, 0.29) is 17.2 Å². The summed E-state index contributed by atoms with van der Waals surface area (Å²) in [5, 5.41) is 0. The Balaban J connectivity index is 1.31. The number of carbonyl (C=O) groups is 2. The van der Waals surface area contributed by atoms with E-state index in [0.29, 0.717) is 26.1 Å². The van der Waals surface area contributed by atoms with E-state index in [9.17, 15) is 9.59 Å². The number of likely N-dealkylation sites (tertiary alicyclic amines) is 2. The maximum Gasteiger partial charge on any atom is 0.229 e. The van der Waals surface area contributed by atoms with Crippen molar-refractivity contribution in [2.75, 3.05) is 19.6 Å². The SMILES string of the molecule is Cc1cccc(CN2CCC3(CCN(C(=O)CCc4ccc[nH]4)CC3)C2=O)c1. The number of piperidine rings is 1. The molecule has 2 fully saturated rings. The molecule has 0 radical (unpaired) electrons. The minimum Gasteiger partial charge on any atom is -0.365 e. The third-order valence-corrected chi connectivity index (χ3v) is 6.40. The molecule has 0 unspecified atom stereocenters. The molecule has 0 bridgehead atoms. The summed E-state index contributed by atoms with van der Waals surface area (Å²) in [5.74, 6) is 0.485. The summed E-state index contributed by atoms with van der Waals surface area (Å²) in [6.07, 6.45) is 5.67. The second-order valence-electron chi connectivity index (χ2n) is 8.32. The first kappa shape index (κ1) is 18.8. The van der Waals surface area contributed by atoms with Gasteiger partial charge in [-0.05, 0) is 50.3 Å². The van der Waals surface area contributed by atoms with E-state index in [4.69, 9.17) is 0 Å². The first-order chi connectivity index (χ1) is 13.6. The minimum absolute atomic E-state index is 0.200. The Kier molecular flexibility index (Phi) is 5.25. The summed E-state index contributed by atoms with van der Waals surface area (Å²) >= 11 is 0. The number of nitrogens with one attached hydrogen (secondary N) is 1. The zero-order valence-electron chi connectivity index (χ0n) is 16.6. The quantitative estimate of drug-likeness (QED) is 0.867. The van der Waals surface area contributed by atoms with Gasteiger partial charge in [0.1, 0.15) is 0 Å². The zero-order chi connectivity index (χ0) is 19.6. The van der Waals surface area contributed by atoms with Gasteiger partial charge in [-0.25, -0.2) is 0 Å². The van der Waals surface area contributed by atoms with Crippen LogP contribution in [0.1, 0.15) is 42.5 Å². The summed E-state index contributed by atoms with van der Waals surface area (Å²) < 4.78 is 0. The fourth-order valence-electron chi connectivity index (χ4n) is 4.65. The standard InChI is InChI=1S/C23H29N3O2/c1-18-4-2-5-19(16-18)17-26-15-11-23(22(26)28)9-13-25(14-10-23)21(27)8-7-20-6-3-12-24-20/h2-6,12,16,24H,7-11,13-15,17H2,1H3. The largest absolute Gasteiger partial charge is 0.365 e. The summed E-state index contributed by atoms with van der Waals surface area (Å²) in [7, 11) is 0. The molecule has 1 aromatic heterocycles. The van der Waals surface area contributed by atoms with Crippen LogP contribution >= 0.6 is 0 Å². The zero-order valence-corrected chi connectivity index (χ0v) is 16.6. The molecule has 0 saturated carbocycles. The van der Waals surface area contributed by atoms with E-state index in [1.165, 1.54) is 11.1 Å². The van der Waals surface area contributed by atoms with E-state index in [1.807, 2.05) is 28.1 Å². The van der Waals surface area contributed by atoms with E-state index in [0.717, 1.165) is 37.9 Å². The van der Waals surface area contributed by atoms with Gasteiger partial charge in [-0.15, -0.1) is 0 Å². The summed E-state index contributed by atoms with van der Waals surface area (Å²) in [5.41, 5.74) is 3.27. The lowest BCUT2D eigenvalue weighted by Gasteiger charge is -2.38. The molecule has 5 nitrogen and oxygen atoms in total. The number of H-pyrrole nitrogens is 1. The van der Waals surface area contributed by atoms with Gasteiger partial charge in [-0.1, -0.05) is 29.8 Å². The van der Waals surface area contributed by atoms with E-state index in [2.05, 4.69) is 36.2 Å². The molecule has 2 aromatic rings. The molecular formula is C23H29N3O2. The highest BCUT2D eigenvalue weighted by Crippen LogP contribution is 2.42. The minimum atomic E-state index is -0.250. The Morgan fingerprint density at radius 3 is 2.61 bits per heavy atom. The third kappa shape index (κ3) is 3.84. The van der Waals surface area contributed by atoms with Gasteiger partial charge in [0.2, 0.25) is 11.8 Å². The number of aromatic amines is 1. The fraction of sp³-hybridized carbons (Fsp3) is 0.478. The van der Waals surface area contributed by atoms with Gasteiger partial charge in [0, 0.05) is 44.5 Å². The van der Waals surface area contributed by atoms with Crippen molar-refractivity contribution in [3.8, 4) is 0 Å². The van der Waals surface area contributed by atoms with Crippen molar-refractivity contribution in [3.63, 3.8) is 0 Å². The summed E-state index contributed by atoms with van der Waals surface area (Å²) in [6.45, 7) is 5.01. The van der Waals surface area contributed by atoms with Gasteiger partial charge in [-0.3, -0.25) is 9.59 Å². The molecule has 3 heterocycles. The fourth-order valence-corrected chi connectivity index (χ4v) is 4.65. The van der Waals surface area contributed by atoms with Crippen LogP contribution < -0.4 is 0 Å². The van der Waals surface area contributed by atoms with E-state index < -0.39 is 0 Å². The summed E-state index contributed by atoms with van der Waals surface area (Å²) in [4.78, 5) is 32.8. The highest BCUT2D eigenvalue weighted by atomic mass is 16.2. The number of aryl methyl sites for hydroxylation is 2. The number of aromatic nitrogens is 1. The monoisotopic (exact) mass is 379 g/mol. The predicted molar refractivity (Wildman–Crippen MR) is 109 cm³/mol. The van der Waals surface area contributed by atoms with Crippen molar-refractivity contribution in [3.05, 3.63) is 59.4 Å². The lowest BCUT2D eigenvalue weighted by atomic mass is 9.77. The normalized spacial score (nSPS) is 18.8. The van der Waals surface area contributed by atoms with Crippen LogP contribution in [0.15, 0.2) is 42.6 Å². The molecule has 0 aliphatic carbocycles. The highest BCUT2D eigenvalue weighted by Gasteiger charge is 2.48. The van der Waals surface area contributed by atoms with Crippen molar-refractivity contribution >= 4 is 11.8 Å². The topological polar surface area (TPSA) is 56.4 Å². The number of rotatable bonds is 5. The number of hydrogen-bond acceptors (Lipinski definition) is 2. The van der Waals surface area contributed by atoms with Crippen LogP contribution in [0, 0.1) is 12.3 Å². The Morgan fingerprint density at radius 2 is 1.89 bits per heavy atom. The highest BCUT2D eigenvalue weighted by molar-refractivity contribution is 5.85. The molecule has 2 aliphatic heterocycles. The lowest BCUT2D eigenvalue weighted by Crippen LogP contribution is -2.46. The van der Waals surface area contributed by atoms with Crippen molar-refractivity contribution in [2.45, 2.75) is 45.6 Å². The molecule has 148 valence electrons. The van der Waals surface area contributed by atoms with Crippen molar-refractivity contribution in [2.24, 2.45) is 5.41 Å². The maximum absolute atomic E-state index is 13.1. The molecule has 28 heavy (non-hydrogen) atoms. The van der Waals surface area contributed by atoms with Crippen LogP contribution in [-0.2, 0) is 22.6 Å². The van der Waals surface area contributed by atoms with Gasteiger partial charge in [0.05, 0.1) is 5.41 Å². The molecule has 4 rings (SSSR count). The van der Waals surface area contributed by atoms with Crippen LogP contribution in [0.4, 0.5) is 0 Å². The average molecular weight is 380 g/mol. The second kappa shape index (κ2) is 7.82. The molecule has 1 N–H and O–H groups in total. The molecule has 5 heteroatoms. The number of amides is 2. The van der Waals surface area contributed by atoms with Gasteiger partial charge in [0.15, 0.2) is 0 Å². The van der Waals surface area contributed by atoms with Gasteiger partial charge in [0.25, 0.3) is 0 Å². The Labute approximate surface area is 166 Å². The number of hydrogen-bond donors (Lipinski definition) is 1. The van der Waals surface area contributed by atoms with Crippen molar-refractivity contribution in [1.29, 1.82) is 0 Å². The number of benzene rings is 1. The molecule has 2 amide bonds. The van der Waals surface area contributed by atoms with Crippen LogP contribution in [0.5, 0.6) is 0 Å². The van der Waals surface area contributed by atoms with Gasteiger partial charge < -0.3 is 14.8 Å². The van der Waals surface area contributed by atoms with Crippen molar-refractivity contribution in [1.82, 2.24) is 14.8 Å². The maximum atomic E-state index is 13.1. The van der Waals surface area contributed by atoms with Crippen molar-refractivity contribution < 1.29 is 9.59 Å². The van der Waals surface area contributed by atoms with E-state index >= 15 is 0 Å². The first-order valence-corrected chi connectivity index (χ1v) is 10.3. The number of carbonyl (C=O) groups excluding carboxylic acids is 2. The first-order valence-electron chi connectivity index (χ1n) is 10.3. The summed E-state index contributed by atoms with van der Waals surface area (Å²) in [6, 6.07) is 12.4. The molecular weight excluding hydrogens is 350 g/mol. The van der Waals surface area contributed by atoms with Gasteiger partial charge >= 0.3 is 0 Å². The van der Waals surface area contributed by atoms with Gasteiger partial charge in [-0.2, -0.15) is 0 Å². The molecule has 1 spiro atoms. The van der Waals surface area contributed by atoms with Crippen LogP contribution in [0.2, 0.25) is 0 Å². The van der Waals surface area contributed by atoms with Crippen LogP contribution in [0.25, 0.3) is 0 Å². The smallest absolute Gasteiger partial charge is 0.229 e. The molecule has 2 aliphatic rings. The second-order valence-corrected chi connectivity index (χ2v) is 8.32. The molecule has 2 saturated heterocycles.